The summed E-state index contributed by atoms with van der Waals surface area (Å²) in [5, 5.41) is -7.76. The molecule has 1 aromatic rings. The lowest BCUT2D eigenvalue weighted by atomic mass is 9.91. The first kappa shape index (κ1) is 38.1. The number of halogens is 17. The molecule has 0 N–H and O–H groups in total. The Balaban J connectivity index is 2.69. The molecule has 1 saturated heterocycles. The Bertz CT molecular complexity index is 1320. The minimum atomic E-state index is -8.92. The predicted molar refractivity (Wildman–Crippen MR) is 115 cm³/mol. The van der Waals surface area contributed by atoms with Gasteiger partial charge in [-0.15, -0.1) is 0 Å². The van der Waals surface area contributed by atoms with Crippen molar-refractivity contribution < 1.29 is 96.2 Å². The summed E-state index contributed by atoms with van der Waals surface area (Å²) in [5.74, 6) is -53.8. The first-order chi connectivity index (χ1) is 19.4. The van der Waals surface area contributed by atoms with E-state index in [4.69, 9.17) is 9.47 Å². The van der Waals surface area contributed by atoms with Crippen molar-refractivity contribution in [2.75, 3.05) is 25.7 Å². The Kier molecular flexibility index (Phi) is 9.52. The van der Waals surface area contributed by atoms with E-state index in [0.29, 0.717) is 0 Å². The lowest BCUT2D eigenvalue weighted by molar-refractivity contribution is -0.458. The maximum absolute atomic E-state index is 14.7. The average Bonchev–Trinajstić information content (AvgIpc) is 3.35. The predicted octanol–water partition coefficient (Wildman–Crippen LogP) is 7.89. The molecule has 258 valence electrons. The first-order valence-corrected chi connectivity index (χ1v) is 14.4. The van der Waals surface area contributed by atoms with Crippen LogP contribution in [0.2, 0.25) is 0 Å². The number of hydrogen-bond acceptors (Lipinski definition) is 5. The minimum absolute atomic E-state index is 0.0337. The SMILES string of the molecule is COc1ccc(S2(OS(=O)(=O)C(F)(F)C(F)(F)C(F)(F)C(F)(F)C(F)(F)C(F)(F)C(F)(F)C(F)(F)F)CCCC2)c(OC)c1. The molecule has 1 aliphatic heterocycles. The Morgan fingerprint density at radius 1 is 0.614 bits per heavy atom. The van der Waals surface area contributed by atoms with Crippen LogP contribution in [0.15, 0.2) is 23.1 Å². The van der Waals surface area contributed by atoms with E-state index >= 15 is 0 Å². The van der Waals surface area contributed by atoms with Crippen LogP contribution in [0.3, 0.4) is 0 Å². The van der Waals surface area contributed by atoms with Crippen molar-refractivity contribution in [3.05, 3.63) is 18.2 Å². The number of methoxy groups -OCH3 is 2. The van der Waals surface area contributed by atoms with Crippen molar-refractivity contribution >= 4 is 20.4 Å². The van der Waals surface area contributed by atoms with Gasteiger partial charge in [-0.25, -0.2) is 3.63 Å². The van der Waals surface area contributed by atoms with E-state index in [9.17, 15) is 83.1 Å². The number of hydrogen-bond donors (Lipinski definition) is 0. The Morgan fingerprint density at radius 3 is 1.41 bits per heavy atom. The molecule has 1 heterocycles. The summed E-state index contributed by atoms with van der Waals surface area (Å²) in [6, 6.07) is 2.91. The number of ether oxygens (including phenoxy) is 2. The van der Waals surface area contributed by atoms with Gasteiger partial charge in [0.05, 0.1) is 19.1 Å². The molecular formula is C20H17F17O5S2. The standard InChI is InChI=1S/C20H17F17O5S2/c1-40-10-5-6-12(11(9-10)41-2)43(7-3-4-8-43)42-44(38,39)20(36,37)18(31,32)16(27,28)14(23,24)13(21,22)15(25,26)17(29,30)19(33,34)35/h5-6,9H,3-4,7-8H2,1-2H3. The third-order valence-electron chi connectivity index (χ3n) is 6.20. The van der Waals surface area contributed by atoms with E-state index < -0.39 is 89.5 Å². The van der Waals surface area contributed by atoms with Gasteiger partial charge in [0.2, 0.25) is 0 Å². The fourth-order valence-corrected chi connectivity index (χ4v) is 9.50. The third-order valence-corrected chi connectivity index (χ3v) is 11.9. The highest BCUT2D eigenvalue weighted by atomic mass is 32.3. The minimum Gasteiger partial charge on any atom is -0.497 e. The fourth-order valence-electron chi connectivity index (χ4n) is 3.70. The summed E-state index contributed by atoms with van der Waals surface area (Å²) in [5.41, 5.74) is 0. The Hall–Kier alpha value is -2.11. The smallest absolute Gasteiger partial charge is 0.460 e. The molecule has 0 spiro atoms. The molecule has 1 fully saturated rings. The summed E-state index contributed by atoms with van der Waals surface area (Å²) >= 11 is 0. The molecule has 0 amide bonds. The van der Waals surface area contributed by atoms with Crippen LogP contribution in [0.4, 0.5) is 74.6 Å². The van der Waals surface area contributed by atoms with E-state index in [0.717, 1.165) is 32.4 Å². The molecule has 5 nitrogen and oxygen atoms in total. The molecule has 0 bridgehead atoms. The van der Waals surface area contributed by atoms with Gasteiger partial charge in [0.25, 0.3) is 0 Å². The zero-order chi connectivity index (χ0) is 34.8. The fraction of sp³-hybridized carbons (Fsp3) is 0.700. The number of alkyl halides is 17. The van der Waals surface area contributed by atoms with Gasteiger partial charge in [-0.2, -0.15) is 83.1 Å². The molecular weight excluding hydrogens is 707 g/mol. The van der Waals surface area contributed by atoms with Gasteiger partial charge in [-0.1, -0.05) is 10.3 Å². The van der Waals surface area contributed by atoms with Crippen molar-refractivity contribution in [2.45, 2.75) is 64.7 Å². The summed E-state index contributed by atoms with van der Waals surface area (Å²) in [6.45, 7) is 0. The second kappa shape index (κ2) is 11.0. The van der Waals surface area contributed by atoms with Crippen molar-refractivity contribution in [1.29, 1.82) is 0 Å². The highest BCUT2D eigenvalue weighted by molar-refractivity contribution is 8.33. The molecule has 0 saturated carbocycles. The average molecular weight is 724 g/mol. The van der Waals surface area contributed by atoms with E-state index in [1.54, 1.807) is 0 Å². The van der Waals surface area contributed by atoms with Crippen molar-refractivity contribution in [1.82, 2.24) is 0 Å². The van der Waals surface area contributed by atoms with Crippen LogP contribution in [0.1, 0.15) is 12.8 Å². The van der Waals surface area contributed by atoms with E-state index in [2.05, 4.69) is 3.63 Å². The van der Waals surface area contributed by atoms with Crippen LogP contribution in [0.25, 0.3) is 0 Å². The van der Waals surface area contributed by atoms with Gasteiger partial charge in [-0.3, -0.25) is 0 Å². The molecule has 0 aromatic heterocycles. The maximum Gasteiger partial charge on any atom is 0.460 e. The largest absolute Gasteiger partial charge is 0.497 e. The molecule has 2 rings (SSSR count). The Morgan fingerprint density at radius 2 is 1.02 bits per heavy atom. The monoisotopic (exact) mass is 724 g/mol. The van der Waals surface area contributed by atoms with E-state index in [-0.39, 0.29) is 18.6 Å². The number of rotatable bonds is 12. The molecule has 44 heavy (non-hydrogen) atoms. The van der Waals surface area contributed by atoms with Crippen molar-refractivity contribution in [3.63, 3.8) is 0 Å². The van der Waals surface area contributed by atoms with Crippen LogP contribution in [0, 0.1) is 0 Å². The quantitative estimate of drug-likeness (QED) is 0.206. The summed E-state index contributed by atoms with van der Waals surface area (Å²) in [7, 11) is -9.59. The molecule has 1 aliphatic rings. The van der Waals surface area contributed by atoms with Crippen LogP contribution < -0.4 is 9.47 Å². The van der Waals surface area contributed by atoms with Gasteiger partial charge in [0.1, 0.15) is 11.5 Å². The number of benzene rings is 1. The molecule has 0 unspecified atom stereocenters. The molecule has 0 aliphatic carbocycles. The summed E-state index contributed by atoms with van der Waals surface area (Å²) in [4.78, 5) is -0.473. The van der Waals surface area contributed by atoms with Crippen molar-refractivity contribution in [3.8, 4) is 11.5 Å². The van der Waals surface area contributed by atoms with Gasteiger partial charge >= 0.3 is 57.1 Å². The van der Waals surface area contributed by atoms with Gasteiger partial charge < -0.3 is 9.47 Å². The highest BCUT2D eigenvalue weighted by Crippen LogP contribution is 2.68. The van der Waals surface area contributed by atoms with Crippen LogP contribution in [-0.4, -0.2) is 81.1 Å². The topological polar surface area (TPSA) is 61.8 Å². The second-order valence-electron chi connectivity index (χ2n) is 8.93. The zero-order valence-corrected chi connectivity index (χ0v) is 23.0. The zero-order valence-electron chi connectivity index (χ0n) is 21.3. The van der Waals surface area contributed by atoms with Gasteiger partial charge in [0.15, 0.2) is 0 Å². The van der Waals surface area contributed by atoms with Gasteiger partial charge in [-0.05, 0) is 25.0 Å². The van der Waals surface area contributed by atoms with Crippen LogP contribution >= 0.6 is 10.3 Å². The molecule has 1 aromatic carbocycles. The van der Waals surface area contributed by atoms with Gasteiger partial charge in [0, 0.05) is 17.6 Å². The van der Waals surface area contributed by atoms with Crippen LogP contribution in [0.5, 0.6) is 11.5 Å². The normalized spacial score (nSPS) is 18.7. The second-order valence-corrected chi connectivity index (χ2v) is 13.8. The summed E-state index contributed by atoms with van der Waals surface area (Å²) < 4.78 is 270. The summed E-state index contributed by atoms with van der Waals surface area (Å²) in [6.07, 6.45) is -8.15. The van der Waals surface area contributed by atoms with E-state index in [1.165, 1.54) is 0 Å². The maximum atomic E-state index is 14.7. The molecule has 24 heteroatoms. The third kappa shape index (κ3) is 5.18. The lowest BCUT2D eigenvalue weighted by Gasteiger charge is -2.43. The highest BCUT2D eigenvalue weighted by Gasteiger charge is 2.96. The molecule has 0 atom stereocenters. The lowest BCUT2D eigenvalue weighted by Crippen LogP contribution is -2.75. The Labute approximate surface area is 237 Å². The van der Waals surface area contributed by atoms with Crippen LogP contribution in [-0.2, 0) is 13.7 Å². The first-order valence-electron chi connectivity index (χ1n) is 11.1. The van der Waals surface area contributed by atoms with E-state index in [1.807, 2.05) is 0 Å². The van der Waals surface area contributed by atoms with Crippen molar-refractivity contribution in [2.24, 2.45) is 0 Å². The molecule has 0 radical (unpaired) electrons.